The first-order valence-corrected chi connectivity index (χ1v) is 6.76. The molecule has 0 fully saturated rings. The number of benzene rings is 1. The van der Waals surface area contributed by atoms with E-state index >= 15 is 0 Å². The average molecular weight is 289 g/mol. The molecule has 102 valence electrons. The molecule has 1 unspecified atom stereocenters. The lowest BCUT2D eigenvalue weighted by molar-refractivity contribution is 0.0697. The summed E-state index contributed by atoms with van der Waals surface area (Å²) in [6, 6.07) is 9.08. The molecule has 1 heterocycles. The largest absolute Gasteiger partial charge is 0.478 e. The van der Waals surface area contributed by atoms with Gasteiger partial charge in [-0.2, -0.15) is 0 Å². The number of nitrogens with one attached hydrogen (secondary N) is 1. The van der Waals surface area contributed by atoms with E-state index in [4.69, 9.17) is 16.7 Å². The molecule has 4 nitrogen and oxygen atoms in total. The van der Waals surface area contributed by atoms with Gasteiger partial charge in [0.15, 0.2) is 0 Å². The number of pyridine rings is 1. The van der Waals surface area contributed by atoms with Crippen LogP contribution in [0.1, 0.15) is 34.1 Å². The molecule has 0 spiro atoms. The third kappa shape index (κ3) is 2.34. The van der Waals surface area contributed by atoms with E-state index in [9.17, 15) is 4.79 Å². The highest BCUT2D eigenvalue weighted by molar-refractivity contribution is 6.33. The van der Waals surface area contributed by atoms with E-state index in [0.29, 0.717) is 0 Å². The van der Waals surface area contributed by atoms with E-state index in [0.717, 1.165) is 24.2 Å². The van der Waals surface area contributed by atoms with Crippen molar-refractivity contribution in [2.24, 2.45) is 0 Å². The highest BCUT2D eigenvalue weighted by Gasteiger charge is 2.23. The second kappa shape index (κ2) is 5.13. The SMILES string of the molecule is O=C(O)c1cc(NC2CCc3cccnc32)ccc1Cl. The quantitative estimate of drug-likeness (QED) is 0.907. The molecule has 0 bridgehead atoms. The number of carbonyl (C=O) groups is 1. The van der Waals surface area contributed by atoms with Crippen LogP contribution in [0.5, 0.6) is 0 Å². The lowest BCUT2D eigenvalue weighted by atomic mass is 10.1. The lowest BCUT2D eigenvalue weighted by Crippen LogP contribution is -2.09. The Balaban J connectivity index is 1.86. The van der Waals surface area contributed by atoms with Crippen LogP contribution >= 0.6 is 11.6 Å². The predicted octanol–water partition coefficient (Wildman–Crippen LogP) is 3.53. The minimum absolute atomic E-state index is 0.107. The number of hydrogen-bond acceptors (Lipinski definition) is 3. The molecule has 1 atom stereocenters. The molecule has 1 aromatic carbocycles. The molecule has 0 saturated carbocycles. The number of anilines is 1. The summed E-state index contributed by atoms with van der Waals surface area (Å²) in [7, 11) is 0. The number of carboxylic acids is 1. The monoisotopic (exact) mass is 288 g/mol. The van der Waals surface area contributed by atoms with Crippen LogP contribution in [0.4, 0.5) is 5.69 Å². The molecule has 1 aliphatic rings. The second-order valence-electron chi connectivity index (χ2n) is 4.78. The van der Waals surface area contributed by atoms with Crippen molar-refractivity contribution in [2.75, 3.05) is 5.32 Å². The standard InChI is InChI=1S/C15H13ClN2O2/c16-12-5-4-10(8-11(12)15(19)20)18-13-6-3-9-2-1-7-17-14(9)13/h1-2,4-5,7-8,13,18H,3,6H2,(H,19,20). The summed E-state index contributed by atoms with van der Waals surface area (Å²) in [6.45, 7) is 0. The summed E-state index contributed by atoms with van der Waals surface area (Å²) >= 11 is 5.87. The van der Waals surface area contributed by atoms with Gasteiger partial charge in [0.2, 0.25) is 0 Å². The van der Waals surface area contributed by atoms with Gasteiger partial charge < -0.3 is 10.4 Å². The molecule has 0 saturated heterocycles. The molecule has 0 aliphatic heterocycles. The minimum atomic E-state index is -1.02. The number of rotatable bonds is 3. The van der Waals surface area contributed by atoms with E-state index in [1.165, 1.54) is 5.56 Å². The highest BCUT2D eigenvalue weighted by atomic mass is 35.5. The maximum Gasteiger partial charge on any atom is 0.337 e. The Labute approximate surface area is 121 Å². The second-order valence-corrected chi connectivity index (χ2v) is 5.19. The molecular weight excluding hydrogens is 276 g/mol. The van der Waals surface area contributed by atoms with Gasteiger partial charge >= 0.3 is 5.97 Å². The van der Waals surface area contributed by atoms with Crippen LogP contribution in [0.2, 0.25) is 5.02 Å². The number of hydrogen-bond donors (Lipinski definition) is 2. The van der Waals surface area contributed by atoms with Crippen molar-refractivity contribution < 1.29 is 9.90 Å². The van der Waals surface area contributed by atoms with E-state index in [1.54, 1.807) is 24.4 Å². The predicted molar refractivity (Wildman–Crippen MR) is 77.3 cm³/mol. The zero-order valence-corrected chi connectivity index (χ0v) is 11.4. The van der Waals surface area contributed by atoms with Gasteiger partial charge in [-0.05, 0) is 42.7 Å². The molecule has 0 amide bonds. The first-order chi connectivity index (χ1) is 9.65. The lowest BCUT2D eigenvalue weighted by Gasteiger charge is -2.15. The molecule has 0 radical (unpaired) electrons. The number of halogens is 1. The zero-order valence-electron chi connectivity index (χ0n) is 10.6. The van der Waals surface area contributed by atoms with Crippen molar-refractivity contribution >= 4 is 23.3 Å². The van der Waals surface area contributed by atoms with Crippen LogP contribution < -0.4 is 5.32 Å². The molecule has 1 aliphatic carbocycles. The van der Waals surface area contributed by atoms with E-state index < -0.39 is 5.97 Å². The molecule has 5 heteroatoms. The summed E-state index contributed by atoms with van der Waals surface area (Å²) in [6.07, 6.45) is 3.72. The Morgan fingerprint density at radius 2 is 2.25 bits per heavy atom. The number of carboxylic acid groups (broad SMARTS) is 1. The smallest absolute Gasteiger partial charge is 0.337 e. The Hall–Kier alpha value is -2.07. The number of nitrogens with zero attached hydrogens (tertiary/aromatic N) is 1. The maximum absolute atomic E-state index is 11.1. The van der Waals surface area contributed by atoms with Crippen molar-refractivity contribution in [3.8, 4) is 0 Å². The maximum atomic E-state index is 11.1. The van der Waals surface area contributed by atoms with Crippen LogP contribution in [0.3, 0.4) is 0 Å². The summed E-state index contributed by atoms with van der Waals surface area (Å²) in [4.78, 5) is 15.5. The van der Waals surface area contributed by atoms with E-state index in [2.05, 4.69) is 16.4 Å². The summed E-state index contributed by atoms with van der Waals surface area (Å²) in [5, 5.41) is 12.7. The topological polar surface area (TPSA) is 62.2 Å². The number of aryl methyl sites for hydroxylation is 1. The Kier molecular flexibility index (Phi) is 3.32. The fourth-order valence-corrected chi connectivity index (χ4v) is 2.73. The van der Waals surface area contributed by atoms with Crippen LogP contribution in [0.25, 0.3) is 0 Å². The van der Waals surface area contributed by atoms with Crippen LogP contribution in [0, 0.1) is 0 Å². The van der Waals surface area contributed by atoms with E-state index in [1.807, 2.05) is 6.07 Å². The van der Waals surface area contributed by atoms with Gasteiger partial charge in [0, 0.05) is 11.9 Å². The van der Waals surface area contributed by atoms with Gasteiger partial charge in [0.1, 0.15) is 0 Å². The summed E-state index contributed by atoms with van der Waals surface area (Å²) in [5.41, 5.74) is 3.14. The third-order valence-electron chi connectivity index (χ3n) is 3.50. The Morgan fingerprint density at radius 3 is 3.05 bits per heavy atom. The van der Waals surface area contributed by atoms with Crippen molar-refractivity contribution in [1.82, 2.24) is 4.98 Å². The normalized spacial score (nSPS) is 16.8. The highest BCUT2D eigenvalue weighted by Crippen LogP contribution is 2.32. The molecule has 1 aromatic heterocycles. The molecular formula is C15H13ClN2O2. The van der Waals surface area contributed by atoms with Crippen molar-refractivity contribution in [3.05, 3.63) is 58.4 Å². The van der Waals surface area contributed by atoms with Gasteiger partial charge in [0.05, 0.1) is 22.3 Å². The number of fused-ring (bicyclic) bond motifs is 1. The van der Waals surface area contributed by atoms with Crippen LogP contribution in [-0.2, 0) is 6.42 Å². The molecule has 3 rings (SSSR count). The first-order valence-electron chi connectivity index (χ1n) is 6.38. The van der Waals surface area contributed by atoms with Gasteiger partial charge in [-0.1, -0.05) is 17.7 Å². The van der Waals surface area contributed by atoms with Crippen molar-refractivity contribution in [3.63, 3.8) is 0 Å². The average Bonchev–Trinajstić information content (AvgIpc) is 2.84. The molecule has 2 N–H and O–H groups in total. The van der Waals surface area contributed by atoms with Crippen LogP contribution in [-0.4, -0.2) is 16.1 Å². The van der Waals surface area contributed by atoms with Gasteiger partial charge in [-0.25, -0.2) is 4.79 Å². The minimum Gasteiger partial charge on any atom is -0.478 e. The van der Waals surface area contributed by atoms with Gasteiger partial charge in [-0.3, -0.25) is 4.98 Å². The van der Waals surface area contributed by atoms with E-state index in [-0.39, 0.29) is 16.6 Å². The van der Waals surface area contributed by atoms with Crippen LogP contribution in [0.15, 0.2) is 36.5 Å². The third-order valence-corrected chi connectivity index (χ3v) is 3.83. The molecule has 20 heavy (non-hydrogen) atoms. The van der Waals surface area contributed by atoms with Gasteiger partial charge in [0.25, 0.3) is 0 Å². The zero-order chi connectivity index (χ0) is 14.1. The Morgan fingerprint density at radius 1 is 1.40 bits per heavy atom. The first kappa shape index (κ1) is 12.9. The number of aromatic carboxylic acids is 1. The van der Waals surface area contributed by atoms with Gasteiger partial charge in [-0.15, -0.1) is 0 Å². The molecule has 2 aromatic rings. The Bertz CT molecular complexity index is 673. The fourth-order valence-electron chi connectivity index (χ4n) is 2.53. The summed E-state index contributed by atoms with van der Waals surface area (Å²) < 4.78 is 0. The number of aromatic nitrogens is 1. The van der Waals surface area contributed by atoms with Crippen molar-refractivity contribution in [1.29, 1.82) is 0 Å². The fraction of sp³-hybridized carbons (Fsp3) is 0.200. The van der Waals surface area contributed by atoms with Crippen molar-refractivity contribution in [2.45, 2.75) is 18.9 Å². The summed E-state index contributed by atoms with van der Waals surface area (Å²) in [5.74, 6) is -1.02.